The summed E-state index contributed by atoms with van der Waals surface area (Å²) in [5.74, 6) is -1.39. The number of benzene rings is 1. The molecule has 8 heteroatoms. The summed E-state index contributed by atoms with van der Waals surface area (Å²) in [6.07, 6.45) is 1.43. The van der Waals surface area contributed by atoms with Gasteiger partial charge in [-0.05, 0) is 12.1 Å². The highest BCUT2D eigenvalue weighted by molar-refractivity contribution is 7.89. The number of likely N-dealkylation sites (N-methyl/N-ethyl adjacent to an activating group) is 1. The molecule has 5 nitrogen and oxygen atoms in total. The van der Waals surface area contributed by atoms with Gasteiger partial charge in [-0.15, -0.1) is 6.58 Å². The van der Waals surface area contributed by atoms with E-state index in [-0.39, 0.29) is 23.0 Å². The molecule has 0 amide bonds. The molecule has 0 aliphatic heterocycles. The Hall–Kier alpha value is -1.08. The lowest BCUT2D eigenvalue weighted by Gasteiger charge is -2.20. The third-order valence-corrected chi connectivity index (χ3v) is 5.38. The van der Waals surface area contributed by atoms with Crippen LogP contribution in [0.5, 0.6) is 0 Å². The largest absolute Gasteiger partial charge is 0.478 e. The summed E-state index contributed by atoms with van der Waals surface area (Å²) in [5, 5.41) is 8.53. The third-order valence-electron chi connectivity index (χ3n) is 2.57. The van der Waals surface area contributed by atoms with Gasteiger partial charge in [0.15, 0.2) is 0 Å². The number of hydrogen-bond acceptors (Lipinski definition) is 3. The first kappa shape index (κ1) is 17.0. The lowest BCUT2D eigenvalue weighted by Crippen LogP contribution is -2.31. The van der Waals surface area contributed by atoms with Crippen LogP contribution in [0.15, 0.2) is 29.7 Å². The number of hydrogen-bond donors (Lipinski definition) is 1. The van der Waals surface area contributed by atoms with E-state index in [4.69, 9.17) is 28.3 Å². The Morgan fingerprint density at radius 1 is 1.45 bits per heavy atom. The molecule has 0 saturated heterocycles. The highest BCUT2D eigenvalue weighted by atomic mass is 35.5. The van der Waals surface area contributed by atoms with Crippen molar-refractivity contribution in [3.8, 4) is 0 Å². The number of aromatic carboxylic acids is 1. The van der Waals surface area contributed by atoms with Gasteiger partial charge in [-0.2, -0.15) is 4.31 Å². The zero-order valence-corrected chi connectivity index (χ0v) is 13.0. The molecule has 1 rings (SSSR count). The van der Waals surface area contributed by atoms with Crippen molar-refractivity contribution in [1.29, 1.82) is 0 Å². The smallest absolute Gasteiger partial charge is 0.338 e. The summed E-state index contributed by atoms with van der Waals surface area (Å²) < 4.78 is 26.0. The van der Waals surface area contributed by atoms with Crippen molar-refractivity contribution in [2.24, 2.45) is 0 Å². The fourth-order valence-corrected chi connectivity index (χ4v) is 3.92. The molecule has 0 spiro atoms. The number of carbonyl (C=O) groups is 1. The van der Waals surface area contributed by atoms with E-state index in [1.165, 1.54) is 18.2 Å². The molecule has 1 N–H and O–H groups in total. The predicted octanol–water partition coefficient (Wildman–Crippen LogP) is 2.89. The van der Waals surface area contributed by atoms with Crippen molar-refractivity contribution in [1.82, 2.24) is 4.31 Å². The molecular weight excluding hydrogens is 325 g/mol. The summed E-state index contributed by atoms with van der Waals surface area (Å²) in [6.45, 7) is 5.44. The monoisotopic (exact) mass is 337 g/mol. The van der Waals surface area contributed by atoms with Gasteiger partial charge in [0.1, 0.15) is 4.90 Å². The zero-order valence-electron chi connectivity index (χ0n) is 10.6. The number of carboxylic acids is 1. The molecule has 0 saturated carbocycles. The molecule has 0 aliphatic rings. The number of halogens is 2. The average molecular weight is 338 g/mol. The van der Waals surface area contributed by atoms with E-state index < -0.39 is 26.6 Å². The first-order valence-electron chi connectivity index (χ1n) is 5.59. The van der Waals surface area contributed by atoms with E-state index in [1.807, 2.05) is 0 Å². The lowest BCUT2D eigenvalue weighted by molar-refractivity contribution is 0.0697. The Labute approximate surface area is 127 Å². The average Bonchev–Trinajstić information content (AvgIpc) is 2.34. The van der Waals surface area contributed by atoms with E-state index in [0.717, 1.165) is 4.31 Å². The second-order valence-corrected chi connectivity index (χ2v) is 6.48. The minimum Gasteiger partial charge on any atom is -0.478 e. The van der Waals surface area contributed by atoms with Gasteiger partial charge < -0.3 is 5.11 Å². The summed E-state index contributed by atoms with van der Waals surface area (Å²) in [4.78, 5) is 10.8. The quantitative estimate of drug-likeness (QED) is 0.810. The second-order valence-electron chi connectivity index (χ2n) is 3.78. The molecule has 0 aromatic heterocycles. The Morgan fingerprint density at radius 2 is 2.05 bits per heavy atom. The maximum absolute atomic E-state index is 12.4. The predicted molar refractivity (Wildman–Crippen MR) is 78.1 cm³/mol. The summed E-state index contributed by atoms with van der Waals surface area (Å²) in [5.41, 5.74) is -0.427. The van der Waals surface area contributed by atoms with Crippen LogP contribution >= 0.6 is 23.2 Å². The van der Waals surface area contributed by atoms with Crippen LogP contribution in [0.4, 0.5) is 0 Å². The molecule has 20 heavy (non-hydrogen) atoms. The van der Waals surface area contributed by atoms with Crippen LogP contribution < -0.4 is 0 Å². The number of nitrogens with zero attached hydrogens (tertiary/aromatic N) is 1. The van der Waals surface area contributed by atoms with Gasteiger partial charge in [-0.25, -0.2) is 13.2 Å². The maximum Gasteiger partial charge on any atom is 0.338 e. The van der Waals surface area contributed by atoms with Crippen molar-refractivity contribution in [3.63, 3.8) is 0 Å². The van der Waals surface area contributed by atoms with Crippen LogP contribution in [0, 0.1) is 0 Å². The Bertz CT molecular complexity index is 643. The van der Waals surface area contributed by atoms with Gasteiger partial charge in [-0.1, -0.05) is 36.2 Å². The Balaban J connectivity index is 3.51. The van der Waals surface area contributed by atoms with Crippen molar-refractivity contribution >= 4 is 39.2 Å². The standard InChI is InChI=1S/C12H13Cl2NO4S/c1-3-7-15(4-2)20(18,19)9-6-5-8(13)10(11(9)14)12(16)17/h3,5-6H,1,4,7H2,2H3,(H,16,17). The van der Waals surface area contributed by atoms with Crippen molar-refractivity contribution < 1.29 is 18.3 Å². The topological polar surface area (TPSA) is 74.7 Å². The highest BCUT2D eigenvalue weighted by Crippen LogP contribution is 2.32. The van der Waals surface area contributed by atoms with E-state index >= 15 is 0 Å². The molecule has 0 atom stereocenters. The third kappa shape index (κ3) is 3.15. The van der Waals surface area contributed by atoms with Crippen LogP contribution in [0.1, 0.15) is 17.3 Å². The van der Waals surface area contributed by atoms with Crippen molar-refractivity contribution in [2.45, 2.75) is 11.8 Å². The second kappa shape index (κ2) is 6.58. The van der Waals surface area contributed by atoms with Gasteiger partial charge in [0.25, 0.3) is 0 Å². The van der Waals surface area contributed by atoms with Crippen LogP contribution in [-0.4, -0.2) is 36.9 Å². The fourth-order valence-electron chi connectivity index (χ4n) is 1.61. The zero-order chi connectivity index (χ0) is 15.5. The van der Waals surface area contributed by atoms with E-state index in [0.29, 0.717) is 0 Å². The fraction of sp³-hybridized carbons (Fsp3) is 0.250. The normalized spacial score (nSPS) is 11.6. The Morgan fingerprint density at radius 3 is 2.50 bits per heavy atom. The summed E-state index contributed by atoms with van der Waals surface area (Å²) in [7, 11) is -3.91. The minimum absolute atomic E-state index is 0.0974. The van der Waals surface area contributed by atoms with Crippen molar-refractivity contribution in [3.05, 3.63) is 40.4 Å². The molecule has 110 valence electrons. The number of sulfonamides is 1. The van der Waals surface area contributed by atoms with E-state index in [1.54, 1.807) is 6.92 Å². The molecule has 0 unspecified atom stereocenters. The van der Waals surface area contributed by atoms with Gasteiger partial charge >= 0.3 is 5.97 Å². The minimum atomic E-state index is -3.91. The van der Waals surface area contributed by atoms with Gasteiger partial charge in [0, 0.05) is 13.1 Å². The van der Waals surface area contributed by atoms with E-state index in [9.17, 15) is 13.2 Å². The number of carboxylic acid groups (broad SMARTS) is 1. The summed E-state index contributed by atoms with van der Waals surface area (Å²) in [6, 6.07) is 2.39. The molecule has 1 aromatic rings. The number of rotatable bonds is 6. The first-order valence-corrected chi connectivity index (χ1v) is 7.79. The molecule has 0 radical (unpaired) electrons. The van der Waals surface area contributed by atoms with Crippen LogP contribution in [0.2, 0.25) is 10.0 Å². The first-order chi connectivity index (χ1) is 9.27. The van der Waals surface area contributed by atoms with E-state index in [2.05, 4.69) is 6.58 Å². The molecule has 0 fully saturated rings. The van der Waals surface area contributed by atoms with Gasteiger partial charge in [0.05, 0.1) is 15.6 Å². The van der Waals surface area contributed by atoms with Crippen LogP contribution in [0.25, 0.3) is 0 Å². The molecule has 0 bridgehead atoms. The SMILES string of the molecule is C=CCN(CC)S(=O)(=O)c1ccc(Cl)c(C(=O)O)c1Cl. The van der Waals surface area contributed by atoms with Crippen LogP contribution in [-0.2, 0) is 10.0 Å². The Kier molecular flexibility index (Phi) is 5.59. The lowest BCUT2D eigenvalue weighted by atomic mass is 10.2. The maximum atomic E-state index is 12.4. The van der Waals surface area contributed by atoms with Crippen molar-refractivity contribution in [2.75, 3.05) is 13.1 Å². The highest BCUT2D eigenvalue weighted by Gasteiger charge is 2.28. The van der Waals surface area contributed by atoms with Crippen LogP contribution in [0.3, 0.4) is 0 Å². The van der Waals surface area contributed by atoms with Gasteiger partial charge in [0.2, 0.25) is 10.0 Å². The summed E-state index contributed by atoms with van der Waals surface area (Å²) >= 11 is 11.6. The van der Waals surface area contributed by atoms with Gasteiger partial charge in [-0.3, -0.25) is 0 Å². The molecule has 1 aromatic carbocycles. The molecular formula is C12H13Cl2NO4S. The molecule has 0 aliphatic carbocycles. The molecule has 0 heterocycles.